The van der Waals surface area contributed by atoms with Gasteiger partial charge in [-0.3, -0.25) is 4.79 Å². The van der Waals surface area contributed by atoms with E-state index in [1.54, 1.807) is 19.1 Å². The maximum Gasteiger partial charge on any atom is 0.289 e. The molecule has 100 valence electrons. The van der Waals surface area contributed by atoms with E-state index in [2.05, 4.69) is 15.3 Å². The van der Waals surface area contributed by atoms with Crippen molar-refractivity contribution >= 4 is 5.91 Å². The Morgan fingerprint density at radius 3 is 2.72 bits per heavy atom. The third-order valence-electron chi connectivity index (χ3n) is 1.72. The van der Waals surface area contributed by atoms with Crippen LogP contribution >= 0.6 is 0 Å². The highest BCUT2D eigenvalue weighted by atomic mass is 19.3. The molecule has 6 heteroatoms. The van der Waals surface area contributed by atoms with Crippen molar-refractivity contribution in [3.63, 3.8) is 0 Å². The van der Waals surface area contributed by atoms with Crippen LogP contribution in [-0.2, 0) is 0 Å². The van der Waals surface area contributed by atoms with Gasteiger partial charge in [-0.1, -0.05) is 26.0 Å². The molecule has 1 aromatic heterocycles. The molecule has 0 unspecified atom stereocenters. The molecule has 4 nitrogen and oxygen atoms in total. The third-order valence-corrected chi connectivity index (χ3v) is 1.72. The standard InChI is InChI=1S/C10H11F2N3O.C2H6/c1-2-3-5-14-10(16)9-13-6-4-7(15-9)8(11)12;1-2/h2-4,6,8H,5H2,1H3,(H,14,16);1-2H3/b3-2+;. The van der Waals surface area contributed by atoms with E-state index >= 15 is 0 Å². The molecule has 0 radical (unpaired) electrons. The monoisotopic (exact) mass is 257 g/mol. The molecule has 1 rings (SSSR count). The van der Waals surface area contributed by atoms with Crippen LogP contribution in [0.2, 0.25) is 0 Å². The Morgan fingerprint density at radius 1 is 1.50 bits per heavy atom. The van der Waals surface area contributed by atoms with Gasteiger partial charge in [0.1, 0.15) is 5.69 Å². The lowest BCUT2D eigenvalue weighted by molar-refractivity contribution is 0.0945. The summed E-state index contributed by atoms with van der Waals surface area (Å²) in [7, 11) is 0. The fraction of sp³-hybridized carbons (Fsp3) is 0.417. The van der Waals surface area contributed by atoms with E-state index in [1.807, 2.05) is 13.8 Å². The van der Waals surface area contributed by atoms with E-state index in [4.69, 9.17) is 0 Å². The summed E-state index contributed by atoms with van der Waals surface area (Å²) in [5.41, 5.74) is -0.453. The number of hydrogen-bond acceptors (Lipinski definition) is 3. The van der Waals surface area contributed by atoms with Crippen molar-refractivity contribution in [1.82, 2.24) is 15.3 Å². The average Bonchev–Trinajstić information content (AvgIpc) is 2.41. The van der Waals surface area contributed by atoms with Crippen LogP contribution in [0.1, 0.15) is 43.5 Å². The van der Waals surface area contributed by atoms with Crippen LogP contribution in [-0.4, -0.2) is 22.4 Å². The summed E-state index contributed by atoms with van der Waals surface area (Å²) in [4.78, 5) is 18.5. The highest BCUT2D eigenvalue weighted by Gasteiger charge is 2.13. The van der Waals surface area contributed by atoms with Gasteiger partial charge in [-0.15, -0.1) is 0 Å². The summed E-state index contributed by atoms with van der Waals surface area (Å²) in [5.74, 6) is -0.817. The van der Waals surface area contributed by atoms with Crippen LogP contribution in [0.25, 0.3) is 0 Å². The molecule has 0 bridgehead atoms. The zero-order chi connectivity index (χ0) is 14.0. The average molecular weight is 257 g/mol. The highest BCUT2D eigenvalue weighted by Crippen LogP contribution is 2.14. The number of nitrogens with zero attached hydrogens (tertiary/aromatic N) is 2. The van der Waals surface area contributed by atoms with E-state index < -0.39 is 18.0 Å². The van der Waals surface area contributed by atoms with E-state index in [-0.39, 0.29) is 5.82 Å². The van der Waals surface area contributed by atoms with E-state index in [0.717, 1.165) is 12.3 Å². The number of allylic oxidation sites excluding steroid dienone is 1. The third kappa shape index (κ3) is 5.47. The minimum Gasteiger partial charge on any atom is -0.346 e. The van der Waals surface area contributed by atoms with Crippen molar-refractivity contribution in [2.45, 2.75) is 27.2 Å². The first-order valence-electron chi connectivity index (χ1n) is 5.65. The van der Waals surface area contributed by atoms with Gasteiger partial charge < -0.3 is 5.32 Å². The molecule has 1 amide bonds. The Morgan fingerprint density at radius 2 is 2.17 bits per heavy atom. The molecule has 1 aromatic rings. The number of carbonyl (C=O) groups excluding carboxylic acids is 1. The number of amides is 1. The van der Waals surface area contributed by atoms with Crippen molar-refractivity contribution < 1.29 is 13.6 Å². The van der Waals surface area contributed by atoms with Gasteiger partial charge in [0.15, 0.2) is 0 Å². The molecular formula is C12H17F2N3O. The number of halogens is 2. The predicted molar refractivity (Wildman–Crippen MR) is 65.5 cm³/mol. The molecule has 18 heavy (non-hydrogen) atoms. The molecule has 0 aliphatic rings. The van der Waals surface area contributed by atoms with Gasteiger partial charge >= 0.3 is 0 Å². The number of nitrogens with one attached hydrogen (secondary N) is 1. The summed E-state index contributed by atoms with van der Waals surface area (Å²) in [6.45, 7) is 6.12. The smallest absolute Gasteiger partial charge is 0.289 e. The van der Waals surface area contributed by atoms with Gasteiger partial charge in [0.05, 0.1) is 0 Å². The van der Waals surface area contributed by atoms with Gasteiger partial charge in [0.2, 0.25) is 5.82 Å². The van der Waals surface area contributed by atoms with Crippen LogP contribution in [0.5, 0.6) is 0 Å². The molecule has 0 spiro atoms. The van der Waals surface area contributed by atoms with E-state index in [1.165, 1.54) is 0 Å². The van der Waals surface area contributed by atoms with Crippen LogP contribution in [0.3, 0.4) is 0 Å². The maximum atomic E-state index is 12.3. The lowest BCUT2D eigenvalue weighted by atomic mass is 10.4. The minimum atomic E-state index is -2.70. The Bertz CT molecular complexity index is 395. The first-order chi connectivity index (χ1) is 8.65. The normalized spacial score (nSPS) is 10.1. The second-order valence-electron chi connectivity index (χ2n) is 2.88. The summed E-state index contributed by atoms with van der Waals surface area (Å²) in [5, 5.41) is 2.47. The molecule has 0 fully saturated rings. The summed E-state index contributed by atoms with van der Waals surface area (Å²) in [6.07, 6.45) is 1.91. The molecule has 1 heterocycles. The summed E-state index contributed by atoms with van der Waals surface area (Å²) >= 11 is 0. The molecule has 0 saturated carbocycles. The highest BCUT2D eigenvalue weighted by molar-refractivity contribution is 5.90. The van der Waals surface area contributed by atoms with Crippen molar-refractivity contribution in [3.8, 4) is 0 Å². The van der Waals surface area contributed by atoms with Gasteiger partial charge in [-0.2, -0.15) is 0 Å². The number of rotatable bonds is 4. The summed E-state index contributed by atoms with van der Waals surface area (Å²) < 4.78 is 24.6. The Hall–Kier alpha value is -1.85. The molecular weight excluding hydrogens is 240 g/mol. The Labute approximate surface area is 105 Å². The molecule has 0 saturated heterocycles. The zero-order valence-corrected chi connectivity index (χ0v) is 10.7. The fourth-order valence-electron chi connectivity index (χ4n) is 0.952. The largest absolute Gasteiger partial charge is 0.346 e. The maximum absolute atomic E-state index is 12.3. The second-order valence-corrected chi connectivity index (χ2v) is 2.88. The SMILES string of the molecule is C/C=C/CNC(=O)c1nccc(C(F)F)n1.CC. The second kappa shape index (κ2) is 9.21. The van der Waals surface area contributed by atoms with Crippen molar-refractivity contribution in [2.75, 3.05) is 6.54 Å². The first kappa shape index (κ1) is 16.1. The topological polar surface area (TPSA) is 54.9 Å². The van der Waals surface area contributed by atoms with Crippen LogP contribution in [0.4, 0.5) is 8.78 Å². The Kier molecular flexibility index (Phi) is 8.26. The van der Waals surface area contributed by atoms with Crippen LogP contribution in [0.15, 0.2) is 24.4 Å². The van der Waals surface area contributed by atoms with Crippen LogP contribution < -0.4 is 5.32 Å². The Balaban J connectivity index is 0.00000137. The number of carbonyl (C=O) groups is 1. The number of hydrogen-bond donors (Lipinski definition) is 1. The number of aromatic nitrogens is 2. The predicted octanol–water partition coefficient (Wildman–Crippen LogP) is 2.75. The van der Waals surface area contributed by atoms with E-state index in [9.17, 15) is 13.6 Å². The molecule has 0 aliphatic heterocycles. The summed E-state index contributed by atoms with van der Waals surface area (Å²) in [6, 6.07) is 1.08. The van der Waals surface area contributed by atoms with Crippen LogP contribution in [0, 0.1) is 0 Å². The first-order valence-corrected chi connectivity index (χ1v) is 5.65. The van der Waals surface area contributed by atoms with Gasteiger partial charge in [0.25, 0.3) is 12.3 Å². The van der Waals surface area contributed by atoms with Gasteiger partial charge in [-0.05, 0) is 13.0 Å². The lowest BCUT2D eigenvalue weighted by Crippen LogP contribution is -2.25. The van der Waals surface area contributed by atoms with Crippen molar-refractivity contribution in [3.05, 3.63) is 35.9 Å². The van der Waals surface area contributed by atoms with Gasteiger partial charge in [-0.25, -0.2) is 18.7 Å². The number of alkyl halides is 2. The lowest BCUT2D eigenvalue weighted by Gasteiger charge is -2.02. The van der Waals surface area contributed by atoms with Crippen molar-refractivity contribution in [1.29, 1.82) is 0 Å². The minimum absolute atomic E-state index is 0.248. The van der Waals surface area contributed by atoms with Crippen molar-refractivity contribution in [2.24, 2.45) is 0 Å². The molecule has 0 atom stereocenters. The molecule has 0 aromatic carbocycles. The van der Waals surface area contributed by atoms with E-state index in [0.29, 0.717) is 6.54 Å². The fourth-order valence-corrected chi connectivity index (χ4v) is 0.952. The zero-order valence-electron chi connectivity index (χ0n) is 10.7. The van der Waals surface area contributed by atoms with Gasteiger partial charge in [0, 0.05) is 12.7 Å². The molecule has 0 aliphatic carbocycles. The molecule has 1 N–H and O–H groups in total. The quantitative estimate of drug-likeness (QED) is 0.844.